The molecule has 0 aromatic rings. The van der Waals surface area contributed by atoms with E-state index >= 15 is 0 Å². The van der Waals surface area contributed by atoms with Crippen molar-refractivity contribution < 1.29 is 28.6 Å². The highest BCUT2D eigenvalue weighted by atomic mass is 16.6. The highest BCUT2D eigenvalue weighted by molar-refractivity contribution is 5.71. The molecule has 6 nitrogen and oxygen atoms in total. The zero-order chi connectivity index (χ0) is 43.0. The first-order valence-electron chi connectivity index (χ1n) is 25.8. The molecule has 59 heavy (non-hydrogen) atoms. The predicted octanol–water partition coefficient (Wildman–Crippen LogP) is 16.8. The van der Waals surface area contributed by atoms with Gasteiger partial charge < -0.3 is 14.2 Å². The molecular weight excluding hydrogens is 733 g/mol. The second-order valence-corrected chi connectivity index (χ2v) is 17.4. The molecule has 1 atom stereocenters. The highest BCUT2D eigenvalue weighted by Gasteiger charge is 2.19. The zero-order valence-corrected chi connectivity index (χ0v) is 39.5. The standard InChI is InChI=1S/C53H98O6/c1-4-7-10-13-16-19-22-24-26-27-29-31-34-37-40-43-46-52(55)58-49-50(48-57-51(54)45-42-39-36-33-30-21-18-15-12-9-6-3)59-53(56)47-44-41-38-35-32-28-25-23-20-17-14-11-8-5-2/h19,22,26-27,50H,4-18,20-21,23-25,28-49H2,1-3H3/b22-19-,27-26-. The Morgan fingerprint density at radius 2 is 0.610 bits per heavy atom. The van der Waals surface area contributed by atoms with Crippen LogP contribution < -0.4 is 0 Å². The normalized spacial score (nSPS) is 12.1. The number of esters is 3. The third kappa shape index (κ3) is 46.8. The van der Waals surface area contributed by atoms with E-state index in [1.54, 1.807) is 0 Å². The van der Waals surface area contributed by atoms with Crippen LogP contribution in [0.3, 0.4) is 0 Å². The molecule has 6 heteroatoms. The molecule has 0 rings (SSSR count). The number of ether oxygens (including phenoxy) is 3. The molecule has 0 bridgehead atoms. The molecule has 0 saturated heterocycles. The third-order valence-electron chi connectivity index (χ3n) is 11.5. The lowest BCUT2D eigenvalue weighted by molar-refractivity contribution is -0.167. The fourth-order valence-electron chi connectivity index (χ4n) is 7.53. The van der Waals surface area contributed by atoms with Gasteiger partial charge >= 0.3 is 17.9 Å². The largest absolute Gasteiger partial charge is 0.462 e. The minimum Gasteiger partial charge on any atom is -0.462 e. The van der Waals surface area contributed by atoms with Crippen LogP contribution in [0, 0.1) is 0 Å². The van der Waals surface area contributed by atoms with E-state index in [0.29, 0.717) is 19.3 Å². The molecular formula is C53H98O6. The van der Waals surface area contributed by atoms with Crippen LogP contribution in [0.4, 0.5) is 0 Å². The summed E-state index contributed by atoms with van der Waals surface area (Å²) in [7, 11) is 0. The van der Waals surface area contributed by atoms with E-state index in [2.05, 4.69) is 45.1 Å². The Bertz CT molecular complexity index is 958. The Kier molecular flexibility index (Phi) is 46.8. The molecule has 0 aromatic carbocycles. The van der Waals surface area contributed by atoms with Crippen LogP contribution in [0.5, 0.6) is 0 Å². The van der Waals surface area contributed by atoms with Crippen molar-refractivity contribution in [2.45, 2.75) is 284 Å². The molecule has 1 unspecified atom stereocenters. The minimum atomic E-state index is -0.770. The van der Waals surface area contributed by atoms with E-state index < -0.39 is 6.10 Å². The molecule has 0 spiro atoms. The summed E-state index contributed by atoms with van der Waals surface area (Å²) in [6.45, 7) is 6.63. The Balaban J connectivity index is 4.35. The first-order valence-corrected chi connectivity index (χ1v) is 25.8. The smallest absolute Gasteiger partial charge is 0.306 e. The molecule has 346 valence electrons. The maximum atomic E-state index is 12.8. The maximum absolute atomic E-state index is 12.8. The predicted molar refractivity (Wildman–Crippen MR) is 252 cm³/mol. The average molecular weight is 831 g/mol. The van der Waals surface area contributed by atoms with Gasteiger partial charge in [0.05, 0.1) is 0 Å². The monoisotopic (exact) mass is 831 g/mol. The number of carbonyl (C=O) groups is 3. The van der Waals surface area contributed by atoms with Gasteiger partial charge in [-0.1, -0.05) is 231 Å². The lowest BCUT2D eigenvalue weighted by Crippen LogP contribution is -2.30. The van der Waals surface area contributed by atoms with Crippen molar-refractivity contribution in [3.05, 3.63) is 24.3 Å². The van der Waals surface area contributed by atoms with Crippen LogP contribution in [0.1, 0.15) is 278 Å². The van der Waals surface area contributed by atoms with Crippen molar-refractivity contribution >= 4 is 17.9 Å². The molecule has 0 amide bonds. The van der Waals surface area contributed by atoms with Crippen LogP contribution in [-0.2, 0) is 28.6 Å². The molecule has 0 heterocycles. The van der Waals surface area contributed by atoms with Crippen LogP contribution in [0.15, 0.2) is 24.3 Å². The maximum Gasteiger partial charge on any atom is 0.306 e. The average Bonchev–Trinajstić information content (AvgIpc) is 3.23. The molecule has 0 saturated carbocycles. The molecule has 0 fully saturated rings. The zero-order valence-electron chi connectivity index (χ0n) is 39.5. The molecule has 0 aliphatic rings. The van der Waals surface area contributed by atoms with E-state index in [0.717, 1.165) is 77.0 Å². The summed E-state index contributed by atoms with van der Waals surface area (Å²) in [4.78, 5) is 37.9. The van der Waals surface area contributed by atoms with Crippen molar-refractivity contribution in [1.82, 2.24) is 0 Å². The molecule has 0 aliphatic heterocycles. The fraction of sp³-hybridized carbons (Fsp3) is 0.868. The van der Waals surface area contributed by atoms with Crippen molar-refractivity contribution in [3.8, 4) is 0 Å². The Hall–Kier alpha value is -2.11. The molecule has 0 aromatic heterocycles. The molecule has 0 N–H and O–H groups in total. The second kappa shape index (κ2) is 48.6. The number of carbonyl (C=O) groups excluding carboxylic acids is 3. The quantitative estimate of drug-likeness (QED) is 0.0263. The molecule has 0 radical (unpaired) electrons. The molecule has 0 aliphatic carbocycles. The van der Waals surface area contributed by atoms with Gasteiger partial charge in [0.15, 0.2) is 6.10 Å². The van der Waals surface area contributed by atoms with E-state index in [1.807, 2.05) is 0 Å². The number of unbranched alkanes of at least 4 members (excludes halogenated alkanes) is 32. The third-order valence-corrected chi connectivity index (χ3v) is 11.5. The van der Waals surface area contributed by atoms with Gasteiger partial charge in [-0.15, -0.1) is 0 Å². The van der Waals surface area contributed by atoms with E-state index in [4.69, 9.17) is 14.2 Å². The summed E-state index contributed by atoms with van der Waals surface area (Å²) in [5, 5.41) is 0. The Morgan fingerprint density at radius 3 is 0.949 bits per heavy atom. The second-order valence-electron chi connectivity index (χ2n) is 17.4. The van der Waals surface area contributed by atoms with Gasteiger partial charge in [-0.2, -0.15) is 0 Å². The van der Waals surface area contributed by atoms with E-state index in [-0.39, 0.29) is 31.1 Å². The minimum absolute atomic E-state index is 0.0710. The van der Waals surface area contributed by atoms with Gasteiger partial charge in [0, 0.05) is 19.3 Å². The van der Waals surface area contributed by atoms with Gasteiger partial charge in [-0.05, 0) is 51.4 Å². The van der Waals surface area contributed by atoms with Crippen LogP contribution >= 0.6 is 0 Å². The summed E-state index contributed by atoms with van der Waals surface area (Å²) in [5.41, 5.74) is 0. The summed E-state index contributed by atoms with van der Waals surface area (Å²) < 4.78 is 16.8. The van der Waals surface area contributed by atoms with Gasteiger partial charge in [0.1, 0.15) is 13.2 Å². The summed E-state index contributed by atoms with van der Waals surface area (Å²) in [6, 6.07) is 0. The Labute approximate surface area is 366 Å². The summed E-state index contributed by atoms with van der Waals surface area (Å²) >= 11 is 0. The van der Waals surface area contributed by atoms with Gasteiger partial charge in [0.25, 0.3) is 0 Å². The van der Waals surface area contributed by atoms with Crippen molar-refractivity contribution in [2.24, 2.45) is 0 Å². The van der Waals surface area contributed by atoms with Gasteiger partial charge in [-0.3, -0.25) is 14.4 Å². The van der Waals surface area contributed by atoms with Crippen LogP contribution in [0.2, 0.25) is 0 Å². The van der Waals surface area contributed by atoms with E-state index in [1.165, 1.54) is 161 Å². The first-order chi connectivity index (χ1) is 29.0. The summed E-state index contributed by atoms with van der Waals surface area (Å²) in [6.07, 6.45) is 54.4. The SMILES string of the molecule is CCCCCC/C=C\C/C=C\CCCCCCCC(=O)OCC(COC(=O)CCCCCCCCCCCCC)OC(=O)CCCCCCCCCCCCCCCC. The number of rotatable bonds is 47. The summed E-state index contributed by atoms with van der Waals surface area (Å²) in [5.74, 6) is -0.872. The number of allylic oxidation sites excluding steroid dienone is 4. The lowest BCUT2D eigenvalue weighted by Gasteiger charge is -2.18. The lowest BCUT2D eigenvalue weighted by atomic mass is 10.0. The van der Waals surface area contributed by atoms with Gasteiger partial charge in [0.2, 0.25) is 0 Å². The highest BCUT2D eigenvalue weighted by Crippen LogP contribution is 2.16. The van der Waals surface area contributed by atoms with Gasteiger partial charge in [-0.25, -0.2) is 0 Å². The number of hydrogen-bond acceptors (Lipinski definition) is 6. The van der Waals surface area contributed by atoms with Crippen molar-refractivity contribution in [2.75, 3.05) is 13.2 Å². The Morgan fingerprint density at radius 1 is 0.339 bits per heavy atom. The van der Waals surface area contributed by atoms with Crippen molar-refractivity contribution in [3.63, 3.8) is 0 Å². The topological polar surface area (TPSA) is 78.9 Å². The number of hydrogen-bond donors (Lipinski definition) is 0. The fourth-order valence-corrected chi connectivity index (χ4v) is 7.53. The van der Waals surface area contributed by atoms with Crippen molar-refractivity contribution in [1.29, 1.82) is 0 Å². The van der Waals surface area contributed by atoms with Crippen LogP contribution in [-0.4, -0.2) is 37.2 Å². The van der Waals surface area contributed by atoms with Crippen LogP contribution in [0.25, 0.3) is 0 Å². The van der Waals surface area contributed by atoms with E-state index in [9.17, 15) is 14.4 Å². The first kappa shape index (κ1) is 56.9.